The predicted molar refractivity (Wildman–Crippen MR) is 69.7 cm³/mol. The van der Waals surface area contributed by atoms with E-state index in [0.29, 0.717) is 0 Å². The summed E-state index contributed by atoms with van der Waals surface area (Å²) >= 11 is 0. The molecular weight excluding hydrogens is 487 g/mol. The van der Waals surface area contributed by atoms with Gasteiger partial charge in [0, 0.05) is 13.2 Å². The molecule has 0 atom stereocenters. The Bertz CT molecular complexity index is 629. The summed E-state index contributed by atoms with van der Waals surface area (Å²) in [6.45, 7) is -1.44. The second kappa shape index (κ2) is 8.73. The van der Waals surface area contributed by atoms with Gasteiger partial charge in [0.15, 0.2) is 0 Å². The second-order valence-electron chi connectivity index (χ2n) is 5.98. The van der Waals surface area contributed by atoms with E-state index < -0.39 is 60.8 Å². The van der Waals surface area contributed by atoms with Gasteiger partial charge in [-0.05, 0) is 19.3 Å². The lowest BCUT2D eigenvalue weighted by Gasteiger charge is -2.41. The quantitative estimate of drug-likeness (QED) is 0.322. The Labute approximate surface area is 162 Å². The minimum absolute atomic E-state index is 0.00475. The number of amides is 1. The number of aliphatic hydroxyl groups is 1. The topological polar surface area (TPSA) is 49.3 Å². The maximum Gasteiger partial charge on any atom is 0.460 e. The fourth-order valence-corrected chi connectivity index (χ4v) is 1.84. The van der Waals surface area contributed by atoms with Crippen molar-refractivity contribution in [2.45, 2.75) is 61.0 Å². The zero-order valence-electron chi connectivity index (χ0n) is 14.6. The Kier molecular flexibility index (Phi) is 8.27. The molecule has 3 nitrogen and oxygen atoms in total. The summed E-state index contributed by atoms with van der Waals surface area (Å²) in [4.78, 5) is 11.0. The highest BCUT2D eigenvalue weighted by Crippen LogP contribution is 2.62. The summed E-state index contributed by atoms with van der Waals surface area (Å²) < 4.78 is 194. The van der Waals surface area contributed by atoms with Crippen LogP contribution in [0, 0.1) is 0 Å². The molecule has 0 aliphatic heterocycles. The highest BCUT2D eigenvalue weighted by atomic mass is 19.4. The number of alkyl halides is 15. The van der Waals surface area contributed by atoms with Crippen LogP contribution >= 0.6 is 0 Å². The summed E-state index contributed by atoms with van der Waals surface area (Å²) in [5.41, 5.74) is 0. The Hall–Kier alpha value is -1.62. The van der Waals surface area contributed by atoms with Gasteiger partial charge in [0.05, 0.1) is 0 Å². The first-order chi connectivity index (χ1) is 13.5. The van der Waals surface area contributed by atoms with Crippen molar-refractivity contribution in [3.8, 4) is 0 Å². The molecule has 0 radical (unpaired) electrons. The van der Waals surface area contributed by atoms with Crippen LogP contribution in [0.25, 0.3) is 0 Å². The average Bonchev–Trinajstić information content (AvgIpc) is 2.59. The summed E-state index contributed by atoms with van der Waals surface area (Å²) in [6, 6.07) is 0. The average molecular weight is 499 g/mol. The van der Waals surface area contributed by atoms with E-state index >= 15 is 0 Å². The molecule has 0 fully saturated rings. The molecule has 1 amide bonds. The number of hydrogen-bond donors (Lipinski definition) is 2. The van der Waals surface area contributed by atoms with E-state index in [2.05, 4.69) is 0 Å². The first kappa shape index (κ1) is 29.4. The molecule has 2 N–H and O–H groups in total. The van der Waals surface area contributed by atoms with Crippen LogP contribution < -0.4 is 5.32 Å². The molecule has 0 unspecified atom stereocenters. The fraction of sp³-hybridized carbons (Fsp3) is 0.923. The van der Waals surface area contributed by atoms with E-state index in [1.54, 1.807) is 0 Å². The maximum absolute atomic E-state index is 13.4. The van der Waals surface area contributed by atoms with Crippen LogP contribution in [0.3, 0.4) is 0 Å². The molecule has 0 saturated carbocycles. The van der Waals surface area contributed by atoms with Crippen molar-refractivity contribution in [3.63, 3.8) is 0 Å². The van der Waals surface area contributed by atoms with Crippen molar-refractivity contribution in [2.24, 2.45) is 0 Å². The van der Waals surface area contributed by atoms with E-state index in [9.17, 15) is 70.7 Å². The Morgan fingerprint density at radius 1 is 0.581 bits per heavy atom. The van der Waals surface area contributed by atoms with Gasteiger partial charge in [-0.3, -0.25) is 4.79 Å². The molecule has 0 aromatic rings. The number of carbonyl (C=O) groups excluding carboxylic acids is 1. The van der Waals surface area contributed by atoms with Crippen LogP contribution in [0.5, 0.6) is 0 Å². The molecule has 0 saturated heterocycles. The Morgan fingerprint density at radius 3 is 1.35 bits per heavy atom. The third kappa shape index (κ3) is 4.62. The third-order valence-corrected chi connectivity index (χ3v) is 3.73. The summed E-state index contributed by atoms with van der Waals surface area (Å²) in [5, 5.41) is 9.26. The van der Waals surface area contributed by atoms with E-state index in [-0.39, 0.29) is 19.3 Å². The van der Waals surface area contributed by atoms with Gasteiger partial charge in [-0.25, -0.2) is 0 Å². The van der Waals surface area contributed by atoms with Gasteiger partial charge in [-0.2, -0.15) is 65.9 Å². The smallest absolute Gasteiger partial charge is 0.396 e. The van der Waals surface area contributed by atoms with Crippen LogP contribution in [0.4, 0.5) is 65.9 Å². The lowest BCUT2D eigenvalue weighted by atomic mass is 9.91. The van der Waals surface area contributed by atoms with Crippen molar-refractivity contribution in [2.75, 3.05) is 13.2 Å². The fourth-order valence-electron chi connectivity index (χ4n) is 1.84. The number of rotatable bonds is 11. The van der Waals surface area contributed by atoms with Crippen LogP contribution in [0.15, 0.2) is 0 Å². The number of carbonyl (C=O) groups is 1. The highest BCUT2D eigenvalue weighted by molar-refractivity contribution is 5.84. The molecule has 18 heteroatoms. The minimum atomic E-state index is -8.42. The van der Waals surface area contributed by atoms with Crippen LogP contribution in [0.1, 0.15) is 19.3 Å². The molecule has 186 valence electrons. The van der Waals surface area contributed by atoms with Gasteiger partial charge in [-0.15, -0.1) is 0 Å². The molecule has 0 aliphatic rings. The Balaban J connectivity index is 6.06. The maximum atomic E-state index is 13.4. The molecule has 0 rings (SSSR count). The molecule has 0 bridgehead atoms. The molecule has 0 aliphatic carbocycles. The zero-order valence-corrected chi connectivity index (χ0v) is 14.6. The number of unbranched alkanes of at least 4 members (excludes halogenated alkanes) is 2. The first-order valence-corrected chi connectivity index (χ1v) is 7.71. The number of aliphatic hydroxyl groups excluding tert-OH is 1. The minimum Gasteiger partial charge on any atom is -0.396 e. The van der Waals surface area contributed by atoms with Gasteiger partial charge < -0.3 is 10.4 Å². The van der Waals surface area contributed by atoms with Crippen molar-refractivity contribution in [1.29, 1.82) is 0 Å². The molecule has 0 spiro atoms. The lowest BCUT2D eigenvalue weighted by molar-refractivity contribution is -0.449. The monoisotopic (exact) mass is 499 g/mol. The van der Waals surface area contributed by atoms with Gasteiger partial charge >= 0.3 is 41.7 Å². The van der Waals surface area contributed by atoms with E-state index in [1.807, 2.05) is 0 Å². The van der Waals surface area contributed by atoms with Crippen molar-refractivity contribution >= 4 is 5.91 Å². The Morgan fingerprint density at radius 2 is 0.968 bits per heavy atom. The normalized spacial score (nSPS) is 15.2. The van der Waals surface area contributed by atoms with Gasteiger partial charge in [0.25, 0.3) is 5.91 Å². The van der Waals surface area contributed by atoms with Crippen molar-refractivity contribution in [1.82, 2.24) is 5.32 Å². The van der Waals surface area contributed by atoms with Gasteiger partial charge in [0.1, 0.15) is 0 Å². The molecule has 31 heavy (non-hydrogen) atoms. The molecule has 0 heterocycles. The number of hydrogen-bond acceptors (Lipinski definition) is 2. The number of halogens is 15. The van der Waals surface area contributed by atoms with Crippen molar-refractivity contribution < 1.29 is 75.8 Å². The second-order valence-corrected chi connectivity index (χ2v) is 5.98. The predicted octanol–water partition coefficient (Wildman–Crippen LogP) is 4.64. The number of nitrogens with one attached hydrogen (secondary N) is 1. The largest absolute Gasteiger partial charge is 0.460 e. The van der Waals surface area contributed by atoms with Gasteiger partial charge in [0.2, 0.25) is 0 Å². The summed E-state index contributed by atoms with van der Waals surface area (Å²) in [7, 11) is 0. The van der Waals surface area contributed by atoms with Crippen molar-refractivity contribution in [3.05, 3.63) is 0 Å². The van der Waals surface area contributed by atoms with E-state index in [1.165, 1.54) is 0 Å². The highest BCUT2D eigenvalue weighted by Gasteiger charge is 2.94. The first-order valence-electron chi connectivity index (χ1n) is 7.71. The van der Waals surface area contributed by atoms with E-state index in [0.717, 1.165) is 5.32 Å². The van der Waals surface area contributed by atoms with E-state index in [4.69, 9.17) is 5.11 Å². The SMILES string of the molecule is O=C(NCCCCCO)C(F)(F)C(F)(F)C(F)(F)C(F)(F)C(F)(F)C(F)(F)C(F)(F)F. The molecule has 0 aromatic heterocycles. The zero-order chi connectivity index (χ0) is 25.3. The van der Waals surface area contributed by atoms with Crippen LogP contribution in [-0.4, -0.2) is 65.9 Å². The summed E-state index contributed by atoms with van der Waals surface area (Å²) in [6.07, 6.45) is -8.09. The van der Waals surface area contributed by atoms with Gasteiger partial charge in [-0.1, -0.05) is 0 Å². The van der Waals surface area contributed by atoms with Crippen LogP contribution in [-0.2, 0) is 4.79 Å². The van der Waals surface area contributed by atoms with Crippen LogP contribution in [0.2, 0.25) is 0 Å². The third-order valence-electron chi connectivity index (χ3n) is 3.73. The molecular formula is C13H12F15NO2. The standard InChI is InChI=1S/C13H12F15NO2/c14-7(15,6(31)29-4-2-1-3-5-30)8(16,17)9(18,19)10(20,21)11(22,23)12(24,25)13(26,27)28/h30H,1-5H2,(H,29,31). The summed E-state index contributed by atoms with van der Waals surface area (Å²) in [5.74, 6) is -51.4. The lowest BCUT2D eigenvalue weighted by Crippen LogP contribution is -2.74. The molecule has 0 aromatic carbocycles.